The number of benzene rings is 1. The van der Waals surface area contributed by atoms with Gasteiger partial charge in [-0.25, -0.2) is 13.2 Å². The largest absolute Gasteiger partial charge is 0.480 e. The molecule has 1 aromatic rings. The Morgan fingerprint density at radius 2 is 2.00 bits per heavy atom. The smallest absolute Gasteiger partial charge is 0.329 e. The summed E-state index contributed by atoms with van der Waals surface area (Å²) < 4.78 is 28.3. The lowest BCUT2D eigenvalue weighted by molar-refractivity contribution is -0.142. The van der Waals surface area contributed by atoms with Crippen molar-refractivity contribution < 1.29 is 27.9 Å². The summed E-state index contributed by atoms with van der Waals surface area (Å²) in [7, 11) is -3.41. The summed E-state index contributed by atoms with van der Waals surface area (Å²) in [5.74, 6) is -1.52. The third-order valence-electron chi connectivity index (χ3n) is 2.87. The zero-order chi connectivity index (χ0) is 16.8. The minimum Gasteiger partial charge on any atom is -0.480 e. The summed E-state index contributed by atoms with van der Waals surface area (Å²) in [6, 6.07) is 4.52. The number of aryl methyl sites for hydroxylation is 1. The van der Waals surface area contributed by atoms with E-state index in [4.69, 9.17) is 9.84 Å². The minimum atomic E-state index is -3.41. The first-order valence-electron chi connectivity index (χ1n) is 6.66. The van der Waals surface area contributed by atoms with Crippen molar-refractivity contribution in [3.8, 4) is 0 Å². The van der Waals surface area contributed by atoms with Crippen LogP contribution in [0.5, 0.6) is 0 Å². The molecular weight excluding hydrogens is 310 g/mol. The molecule has 8 heteroatoms. The fourth-order valence-electron chi connectivity index (χ4n) is 1.83. The maximum atomic E-state index is 11.9. The number of hydrogen-bond donors (Lipinski definition) is 2. The van der Waals surface area contributed by atoms with Crippen molar-refractivity contribution in [3.05, 3.63) is 29.3 Å². The first-order valence-corrected chi connectivity index (χ1v) is 8.55. The van der Waals surface area contributed by atoms with E-state index in [0.29, 0.717) is 12.0 Å². The van der Waals surface area contributed by atoms with E-state index in [2.05, 4.69) is 5.32 Å². The molecule has 0 saturated carbocycles. The predicted molar refractivity (Wildman–Crippen MR) is 79.7 cm³/mol. The number of sulfone groups is 1. The van der Waals surface area contributed by atoms with Crippen LogP contribution in [0, 0.1) is 0 Å². The van der Waals surface area contributed by atoms with Gasteiger partial charge in [0.15, 0.2) is 9.84 Å². The topological polar surface area (TPSA) is 110 Å². The molecule has 22 heavy (non-hydrogen) atoms. The molecule has 1 aromatic carbocycles. The number of ether oxygens (including phenoxy) is 1. The van der Waals surface area contributed by atoms with Gasteiger partial charge >= 0.3 is 5.97 Å². The molecule has 0 radical (unpaired) electrons. The molecule has 0 spiro atoms. The number of amides is 1. The third-order valence-corrected chi connectivity index (χ3v) is 4.05. The third kappa shape index (κ3) is 5.45. The van der Waals surface area contributed by atoms with Crippen LogP contribution in [0.1, 0.15) is 22.8 Å². The number of carboxylic acid groups (broad SMARTS) is 1. The fourth-order valence-corrected chi connectivity index (χ4v) is 2.86. The maximum absolute atomic E-state index is 11.9. The van der Waals surface area contributed by atoms with Crippen LogP contribution in [0.3, 0.4) is 0 Å². The number of carbonyl (C=O) groups is 2. The van der Waals surface area contributed by atoms with Crippen LogP contribution in [0.2, 0.25) is 0 Å². The molecule has 122 valence electrons. The van der Waals surface area contributed by atoms with Crippen LogP contribution in [0.4, 0.5) is 0 Å². The fraction of sp³-hybridized carbons (Fsp3) is 0.429. The Morgan fingerprint density at radius 1 is 1.32 bits per heavy atom. The van der Waals surface area contributed by atoms with Gasteiger partial charge in [0.2, 0.25) is 0 Å². The Balaban J connectivity index is 2.72. The zero-order valence-electron chi connectivity index (χ0n) is 12.5. The number of carboxylic acids is 1. The standard InChI is InChI=1S/C14H19NO6S/c1-3-10-4-5-11(8-12(10)22(2,19)20)14(18)15-6-7-21-9-13(16)17/h4-5,8H,3,6-7,9H2,1-2H3,(H,15,18)(H,16,17). The number of nitrogens with one attached hydrogen (secondary N) is 1. The van der Waals surface area contributed by atoms with E-state index < -0.39 is 28.3 Å². The Hall–Kier alpha value is -1.93. The lowest BCUT2D eigenvalue weighted by atomic mass is 10.1. The summed E-state index contributed by atoms with van der Waals surface area (Å²) in [5.41, 5.74) is 0.889. The van der Waals surface area contributed by atoms with E-state index in [0.717, 1.165) is 6.26 Å². The monoisotopic (exact) mass is 329 g/mol. The second-order valence-corrected chi connectivity index (χ2v) is 6.63. The summed E-state index contributed by atoms with van der Waals surface area (Å²) in [6.45, 7) is 1.60. The van der Waals surface area contributed by atoms with Gasteiger partial charge in [-0.05, 0) is 24.1 Å². The van der Waals surface area contributed by atoms with Crippen molar-refractivity contribution >= 4 is 21.7 Å². The lowest BCUT2D eigenvalue weighted by Crippen LogP contribution is -2.28. The average molecular weight is 329 g/mol. The van der Waals surface area contributed by atoms with E-state index in [-0.39, 0.29) is 23.6 Å². The molecule has 0 unspecified atom stereocenters. The van der Waals surface area contributed by atoms with Crippen LogP contribution in [0.15, 0.2) is 23.1 Å². The van der Waals surface area contributed by atoms with Crippen molar-refractivity contribution in [2.45, 2.75) is 18.2 Å². The molecule has 0 fully saturated rings. The molecule has 1 rings (SSSR count). The summed E-state index contributed by atoms with van der Waals surface area (Å²) >= 11 is 0. The van der Waals surface area contributed by atoms with E-state index in [9.17, 15) is 18.0 Å². The number of hydrogen-bond acceptors (Lipinski definition) is 5. The highest BCUT2D eigenvalue weighted by Gasteiger charge is 2.15. The molecule has 0 heterocycles. The summed E-state index contributed by atoms with van der Waals surface area (Å²) in [4.78, 5) is 22.3. The van der Waals surface area contributed by atoms with E-state index in [1.165, 1.54) is 6.07 Å². The molecule has 0 aliphatic carbocycles. The number of aliphatic carboxylic acids is 1. The van der Waals surface area contributed by atoms with Gasteiger partial charge in [0.05, 0.1) is 11.5 Å². The zero-order valence-corrected chi connectivity index (χ0v) is 13.3. The molecule has 2 N–H and O–H groups in total. The second-order valence-electron chi connectivity index (χ2n) is 4.65. The van der Waals surface area contributed by atoms with Gasteiger partial charge in [0, 0.05) is 18.4 Å². The molecule has 0 aliphatic rings. The van der Waals surface area contributed by atoms with Crippen molar-refractivity contribution in [2.75, 3.05) is 26.0 Å². The first-order chi connectivity index (χ1) is 10.3. The molecule has 0 atom stereocenters. The molecule has 1 amide bonds. The Morgan fingerprint density at radius 3 is 2.55 bits per heavy atom. The highest BCUT2D eigenvalue weighted by molar-refractivity contribution is 7.90. The predicted octanol–water partition coefficient (Wildman–Crippen LogP) is 0.483. The van der Waals surface area contributed by atoms with E-state index >= 15 is 0 Å². The molecule has 0 aromatic heterocycles. The molecular formula is C14H19NO6S. The van der Waals surface area contributed by atoms with Gasteiger partial charge in [0.25, 0.3) is 5.91 Å². The quantitative estimate of drug-likeness (QED) is 0.672. The van der Waals surface area contributed by atoms with E-state index in [1.54, 1.807) is 12.1 Å². The lowest BCUT2D eigenvalue weighted by Gasteiger charge is -2.10. The van der Waals surface area contributed by atoms with Crippen molar-refractivity contribution in [2.24, 2.45) is 0 Å². The minimum absolute atomic E-state index is 0.0595. The van der Waals surface area contributed by atoms with Crippen molar-refractivity contribution in [1.82, 2.24) is 5.32 Å². The van der Waals surface area contributed by atoms with Gasteiger partial charge < -0.3 is 15.2 Å². The Labute approximate surface area is 129 Å². The van der Waals surface area contributed by atoms with Gasteiger partial charge in [-0.1, -0.05) is 13.0 Å². The second kappa shape index (κ2) is 7.90. The highest BCUT2D eigenvalue weighted by Crippen LogP contribution is 2.18. The molecule has 7 nitrogen and oxygen atoms in total. The first kappa shape index (κ1) is 18.1. The van der Waals surface area contributed by atoms with Crippen LogP contribution in [0.25, 0.3) is 0 Å². The highest BCUT2D eigenvalue weighted by atomic mass is 32.2. The van der Waals surface area contributed by atoms with E-state index in [1.807, 2.05) is 6.92 Å². The van der Waals surface area contributed by atoms with Gasteiger partial charge in [-0.2, -0.15) is 0 Å². The van der Waals surface area contributed by atoms with Crippen LogP contribution in [-0.2, 0) is 25.8 Å². The number of rotatable bonds is 8. The molecule has 0 aliphatic heterocycles. The van der Waals surface area contributed by atoms with Crippen LogP contribution < -0.4 is 5.32 Å². The van der Waals surface area contributed by atoms with Gasteiger partial charge in [-0.3, -0.25) is 4.79 Å². The van der Waals surface area contributed by atoms with Crippen molar-refractivity contribution in [1.29, 1.82) is 0 Å². The van der Waals surface area contributed by atoms with Crippen LogP contribution in [-0.4, -0.2) is 51.4 Å². The van der Waals surface area contributed by atoms with Gasteiger partial charge in [-0.15, -0.1) is 0 Å². The average Bonchev–Trinajstić information content (AvgIpc) is 2.44. The molecule has 0 bridgehead atoms. The van der Waals surface area contributed by atoms with Crippen LogP contribution >= 0.6 is 0 Å². The van der Waals surface area contributed by atoms with Crippen molar-refractivity contribution in [3.63, 3.8) is 0 Å². The Kier molecular flexibility index (Phi) is 6.51. The number of carbonyl (C=O) groups excluding carboxylic acids is 1. The SMILES string of the molecule is CCc1ccc(C(=O)NCCOCC(=O)O)cc1S(C)(=O)=O. The summed E-state index contributed by atoms with van der Waals surface area (Å²) in [5, 5.41) is 10.9. The summed E-state index contributed by atoms with van der Waals surface area (Å²) in [6.07, 6.45) is 1.65. The molecule has 0 saturated heterocycles. The van der Waals surface area contributed by atoms with Gasteiger partial charge in [0.1, 0.15) is 6.61 Å². The normalized spacial score (nSPS) is 11.2. The maximum Gasteiger partial charge on any atom is 0.329 e. The Bertz CT molecular complexity index is 653.